The number of carbonyl (C=O) groups excluding carboxylic acids is 1. The molecule has 3 aliphatic rings. The zero-order valence-electron chi connectivity index (χ0n) is 27.8. The smallest absolute Gasteiger partial charge is 0.408 e. The highest BCUT2D eigenvalue weighted by molar-refractivity contribution is 5.83. The molecule has 2 N–H and O–H groups in total. The summed E-state index contributed by atoms with van der Waals surface area (Å²) in [6, 6.07) is 23.4. The number of anilines is 2. The van der Waals surface area contributed by atoms with E-state index in [2.05, 4.69) is 27.9 Å². The second kappa shape index (κ2) is 14.5. The minimum Gasteiger partial charge on any atom is -0.491 e. The van der Waals surface area contributed by atoms with Crippen LogP contribution in [-0.4, -0.2) is 69.2 Å². The van der Waals surface area contributed by atoms with Gasteiger partial charge in [-0.05, 0) is 86.6 Å². The Bertz CT molecular complexity index is 1890. The van der Waals surface area contributed by atoms with Crippen molar-refractivity contribution >= 4 is 28.6 Å². The van der Waals surface area contributed by atoms with E-state index in [9.17, 15) is 4.79 Å². The van der Waals surface area contributed by atoms with Gasteiger partial charge in [0.15, 0.2) is 18.3 Å². The fraction of sp³-hybridized carbons (Fsp3) is 0.405. The summed E-state index contributed by atoms with van der Waals surface area (Å²) < 4.78 is 32.9. The van der Waals surface area contributed by atoms with E-state index in [1.54, 1.807) is 0 Å². The molecule has 8 rings (SSSR count). The van der Waals surface area contributed by atoms with Gasteiger partial charge in [0, 0.05) is 29.9 Å². The minimum atomic E-state index is -0.656. The van der Waals surface area contributed by atoms with Crippen molar-refractivity contribution in [2.24, 2.45) is 0 Å². The molecule has 2 unspecified atom stereocenters. The van der Waals surface area contributed by atoms with Crippen molar-refractivity contribution in [2.45, 2.75) is 63.1 Å². The van der Waals surface area contributed by atoms with Gasteiger partial charge in [0.25, 0.3) is 0 Å². The van der Waals surface area contributed by atoms with Gasteiger partial charge >= 0.3 is 6.09 Å². The highest BCUT2D eigenvalue weighted by Gasteiger charge is 2.42. The quantitative estimate of drug-likeness (QED) is 0.159. The number of rotatable bonds is 11. The van der Waals surface area contributed by atoms with E-state index in [0.717, 1.165) is 72.8 Å². The first-order chi connectivity index (χ1) is 24.6. The van der Waals surface area contributed by atoms with Crippen LogP contribution in [0.3, 0.4) is 0 Å². The summed E-state index contributed by atoms with van der Waals surface area (Å²) in [4.78, 5) is 17.5. The maximum absolute atomic E-state index is 12.6. The molecule has 3 aliphatic heterocycles. The molecule has 0 radical (unpaired) electrons. The van der Waals surface area contributed by atoms with Gasteiger partial charge in [-0.15, -0.1) is 5.10 Å². The predicted octanol–water partition coefficient (Wildman–Crippen LogP) is 6.51. The van der Waals surface area contributed by atoms with Gasteiger partial charge in [-0.2, -0.15) is 10.1 Å². The highest BCUT2D eigenvalue weighted by Crippen LogP contribution is 2.32. The van der Waals surface area contributed by atoms with Crippen LogP contribution in [0.2, 0.25) is 0 Å². The van der Waals surface area contributed by atoms with Gasteiger partial charge < -0.3 is 34.3 Å². The van der Waals surface area contributed by atoms with E-state index in [1.165, 1.54) is 0 Å². The lowest BCUT2D eigenvalue weighted by atomic mass is 9.99. The summed E-state index contributed by atoms with van der Waals surface area (Å²) in [5, 5.41) is 16.9. The molecule has 13 heteroatoms. The molecule has 0 bridgehead atoms. The van der Waals surface area contributed by atoms with Gasteiger partial charge in [-0.3, -0.25) is 0 Å². The molecule has 3 saturated heterocycles. The maximum Gasteiger partial charge on any atom is 0.408 e. The molecule has 3 aromatic carbocycles. The Kier molecular flexibility index (Phi) is 9.33. The fourth-order valence-electron chi connectivity index (χ4n) is 6.53. The number of nitrogens with zero attached hydrogens (tertiary/aromatic N) is 5. The zero-order chi connectivity index (χ0) is 33.8. The van der Waals surface area contributed by atoms with E-state index in [4.69, 9.17) is 33.8 Å². The van der Waals surface area contributed by atoms with E-state index in [0.29, 0.717) is 37.3 Å². The van der Waals surface area contributed by atoms with Crippen molar-refractivity contribution in [1.82, 2.24) is 29.9 Å². The first kappa shape index (κ1) is 32.2. The molecule has 13 nitrogen and oxygen atoms in total. The largest absolute Gasteiger partial charge is 0.491 e. The molecule has 0 spiro atoms. The lowest BCUT2D eigenvalue weighted by molar-refractivity contribution is -0.0901. The lowest BCUT2D eigenvalue weighted by Gasteiger charge is -2.40. The van der Waals surface area contributed by atoms with Crippen molar-refractivity contribution in [3.05, 3.63) is 84.6 Å². The van der Waals surface area contributed by atoms with Gasteiger partial charge in [0.1, 0.15) is 24.5 Å². The summed E-state index contributed by atoms with van der Waals surface area (Å²) >= 11 is 0. The molecule has 0 aliphatic carbocycles. The topological polar surface area (TPSA) is 136 Å². The SMILES string of the molecule is O=C(NC1(COc2ccc(-c3nc(Nc4ccc5c(cnn5C5CCCCO5)c4)nn3C3CCCCO3)cc2)COC1)OCc1ccccc1. The molecular weight excluding hydrogens is 638 g/mol. The molecular formula is C37H41N7O6. The number of hydrogen-bond acceptors (Lipinski definition) is 10. The molecule has 5 heterocycles. The van der Waals surface area contributed by atoms with Crippen LogP contribution in [0, 0.1) is 0 Å². The van der Waals surface area contributed by atoms with Gasteiger partial charge in [-0.1, -0.05) is 30.3 Å². The van der Waals surface area contributed by atoms with Crippen molar-refractivity contribution in [3.8, 4) is 17.1 Å². The molecule has 260 valence electrons. The van der Waals surface area contributed by atoms with Crippen LogP contribution in [0.5, 0.6) is 5.75 Å². The number of ether oxygens (including phenoxy) is 5. The second-order valence-corrected chi connectivity index (χ2v) is 13.1. The van der Waals surface area contributed by atoms with Crippen LogP contribution >= 0.6 is 0 Å². The number of aromatic nitrogens is 5. The Morgan fingerprint density at radius 2 is 1.66 bits per heavy atom. The van der Waals surface area contributed by atoms with Crippen LogP contribution in [0.1, 0.15) is 56.5 Å². The molecule has 2 atom stereocenters. The van der Waals surface area contributed by atoms with Crippen molar-refractivity contribution in [1.29, 1.82) is 0 Å². The van der Waals surface area contributed by atoms with E-state index < -0.39 is 11.6 Å². The number of fused-ring (bicyclic) bond motifs is 1. The number of amides is 1. The lowest BCUT2D eigenvalue weighted by Crippen LogP contribution is -2.65. The predicted molar refractivity (Wildman–Crippen MR) is 185 cm³/mol. The summed E-state index contributed by atoms with van der Waals surface area (Å²) in [5.41, 5.74) is 3.04. The van der Waals surface area contributed by atoms with Gasteiger partial charge in [0.2, 0.25) is 5.95 Å². The number of carbonyl (C=O) groups is 1. The monoisotopic (exact) mass is 679 g/mol. The number of hydrogen-bond donors (Lipinski definition) is 2. The summed E-state index contributed by atoms with van der Waals surface area (Å²) in [7, 11) is 0. The first-order valence-electron chi connectivity index (χ1n) is 17.3. The molecule has 50 heavy (non-hydrogen) atoms. The molecule has 5 aromatic rings. The van der Waals surface area contributed by atoms with Crippen molar-refractivity contribution < 1.29 is 28.5 Å². The third-order valence-electron chi connectivity index (χ3n) is 9.30. The van der Waals surface area contributed by atoms with Crippen LogP contribution in [0.4, 0.5) is 16.4 Å². The molecule has 2 aromatic heterocycles. The molecule has 0 saturated carbocycles. The standard InChI is InChI=1S/C37H41N7O6/c45-36(49-22-26-8-2-1-3-9-26)41-37(23-46-24-37)25-50-30-15-12-27(13-16-30)34-40-35(42-44(34)33-11-5-7-19-48-33)39-29-14-17-31-28(20-29)21-38-43(31)32-10-4-6-18-47-32/h1-3,8-9,12-17,20-21,32-33H,4-7,10-11,18-19,22-25H2,(H,39,42)(H,41,45). The van der Waals surface area contributed by atoms with Crippen LogP contribution in [0.15, 0.2) is 79.0 Å². The fourth-order valence-corrected chi connectivity index (χ4v) is 6.53. The Hall–Kier alpha value is -4.98. The summed E-state index contributed by atoms with van der Waals surface area (Å²) in [5.74, 6) is 1.83. The minimum absolute atomic E-state index is 0.0220. The Morgan fingerprint density at radius 3 is 2.36 bits per heavy atom. The Balaban J connectivity index is 0.947. The zero-order valence-corrected chi connectivity index (χ0v) is 27.8. The Morgan fingerprint density at radius 1 is 0.900 bits per heavy atom. The average Bonchev–Trinajstić information content (AvgIpc) is 3.77. The normalized spacial score (nSPS) is 20.2. The van der Waals surface area contributed by atoms with Crippen LogP contribution in [-0.2, 0) is 25.6 Å². The Labute approximate surface area is 289 Å². The number of nitrogens with one attached hydrogen (secondary N) is 2. The molecule has 1 amide bonds. The second-order valence-electron chi connectivity index (χ2n) is 13.1. The van der Waals surface area contributed by atoms with Crippen molar-refractivity contribution in [2.75, 3.05) is 38.4 Å². The third kappa shape index (κ3) is 7.16. The number of benzene rings is 3. The van der Waals surface area contributed by atoms with Crippen LogP contribution in [0.25, 0.3) is 22.3 Å². The third-order valence-corrected chi connectivity index (χ3v) is 9.30. The number of alkyl carbamates (subject to hydrolysis) is 1. The first-order valence-corrected chi connectivity index (χ1v) is 17.3. The maximum atomic E-state index is 12.6. The molecule has 3 fully saturated rings. The van der Waals surface area contributed by atoms with Crippen LogP contribution < -0.4 is 15.4 Å². The van der Waals surface area contributed by atoms with E-state index in [-0.39, 0.29) is 25.7 Å². The van der Waals surface area contributed by atoms with Crippen molar-refractivity contribution in [3.63, 3.8) is 0 Å². The van der Waals surface area contributed by atoms with Gasteiger partial charge in [0.05, 0.1) is 24.9 Å². The summed E-state index contributed by atoms with van der Waals surface area (Å²) in [6.45, 7) is 2.57. The van der Waals surface area contributed by atoms with Gasteiger partial charge in [-0.25, -0.2) is 14.2 Å². The van der Waals surface area contributed by atoms with E-state index in [1.807, 2.05) is 76.2 Å². The summed E-state index contributed by atoms with van der Waals surface area (Å²) in [6.07, 6.45) is 7.30. The highest BCUT2D eigenvalue weighted by atomic mass is 16.6. The average molecular weight is 680 g/mol. The van der Waals surface area contributed by atoms with E-state index >= 15 is 0 Å².